The summed E-state index contributed by atoms with van der Waals surface area (Å²) in [7, 11) is 1.73. The molecule has 0 atom stereocenters. The number of hydrogen-bond acceptors (Lipinski definition) is 2. The van der Waals surface area contributed by atoms with Gasteiger partial charge in [-0.05, 0) is 55.2 Å². The molecule has 0 N–H and O–H groups in total. The van der Waals surface area contributed by atoms with E-state index >= 15 is 0 Å². The molecule has 0 amide bonds. The standard InChI is InChI=1S/C17H21NO/c1-19-12-2-3-14-4-8-16(9-5-14)17-10-6-15(13-18)7-11-17/h2-3,6-7,10-11,14,16H,4-5,8-9,12H2,1H3/t14-,16-. The third-order valence-corrected chi connectivity index (χ3v) is 3.95. The molecule has 0 radical (unpaired) electrons. The van der Waals surface area contributed by atoms with Crippen LogP contribution in [0.15, 0.2) is 36.4 Å². The molecule has 0 bridgehead atoms. The van der Waals surface area contributed by atoms with Gasteiger partial charge in [0.25, 0.3) is 0 Å². The monoisotopic (exact) mass is 255 g/mol. The van der Waals surface area contributed by atoms with E-state index in [1.807, 2.05) is 12.1 Å². The molecular weight excluding hydrogens is 234 g/mol. The summed E-state index contributed by atoms with van der Waals surface area (Å²) in [6.07, 6.45) is 9.43. The minimum absolute atomic E-state index is 0.666. The largest absolute Gasteiger partial charge is 0.381 e. The average Bonchev–Trinajstić information content (AvgIpc) is 2.48. The Labute approximate surface area is 115 Å². The number of ether oxygens (including phenoxy) is 1. The molecular formula is C17H21NO. The minimum Gasteiger partial charge on any atom is -0.381 e. The molecule has 0 aliphatic heterocycles. The normalized spacial score (nSPS) is 23.4. The molecule has 100 valence electrons. The van der Waals surface area contributed by atoms with E-state index in [0.717, 1.165) is 12.2 Å². The minimum atomic E-state index is 0.666. The summed E-state index contributed by atoms with van der Waals surface area (Å²) < 4.78 is 5.03. The van der Waals surface area contributed by atoms with Gasteiger partial charge in [-0.2, -0.15) is 5.26 Å². The highest BCUT2D eigenvalue weighted by Gasteiger charge is 2.20. The van der Waals surface area contributed by atoms with Crippen molar-refractivity contribution < 1.29 is 4.74 Å². The Morgan fingerprint density at radius 1 is 1.21 bits per heavy atom. The quantitative estimate of drug-likeness (QED) is 0.761. The topological polar surface area (TPSA) is 33.0 Å². The van der Waals surface area contributed by atoms with Gasteiger partial charge in [0, 0.05) is 7.11 Å². The molecule has 0 heterocycles. The zero-order valence-corrected chi connectivity index (χ0v) is 11.5. The van der Waals surface area contributed by atoms with Crippen molar-refractivity contribution in [2.24, 2.45) is 5.92 Å². The Morgan fingerprint density at radius 2 is 1.89 bits per heavy atom. The lowest BCUT2D eigenvalue weighted by Gasteiger charge is -2.27. The van der Waals surface area contributed by atoms with Gasteiger partial charge < -0.3 is 4.74 Å². The van der Waals surface area contributed by atoms with Crippen molar-refractivity contribution >= 4 is 0 Å². The Hall–Kier alpha value is -1.59. The summed E-state index contributed by atoms with van der Waals surface area (Å²) in [5, 5.41) is 8.81. The third-order valence-electron chi connectivity index (χ3n) is 3.95. The lowest BCUT2D eigenvalue weighted by molar-refractivity contribution is 0.233. The van der Waals surface area contributed by atoms with E-state index in [9.17, 15) is 0 Å². The molecule has 1 aliphatic rings. The molecule has 1 aliphatic carbocycles. The second-order valence-electron chi connectivity index (χ2n) is 5.23. The fourth-order valence-corrected chi connectivity index (χ4v) is 2.82. The van der Waals surface area contributed by atoms with E-state index in [1.54, 1.807) is 7.11 Å². The predicted octanol–water partition coefficient (Wildman–Crippen LogP) is 4.03. The van der Waals surface area contributed by atoms with Crippen molar-refractivity contribution in [3.63, 3.8) is 0 Å². The average molecular weight is 255 g/mol. The van der Waals surface area contributed by atoms with Gasteiger partial charge in [-0.3, -0.25) is 0 Å². The first-order valence-corrected chi connectivity index (χ1v) is 6.99. The van der Waals surface area contributed by atoms with Gasteiger partial charge in [-0.25, -0.2) is 0 Å². The number of rotatable bonds is 4. The van der Waals surface area contributed by atoms with Crippen LogP contribution in [0.25, 0.3) is 0 Å². The highest BCUT2D eigenvalue weighted by atomic mass is 16.5. The molecule has 0 spiro atoms. The summed E-state index contributed by atoms with van der Waals surface area (Å²) >= 11 is 0. The molecule has 2 heteroatoms. The summed E-state index contributed by atoms with van der Waals surface area (Å²) in [6.45, 7) is 0.718. The molecule has 2 nitrogen and oxygen atoms in total. The van der Waals surface area contributed by atoms with Crippen molar-refractivity contribution in [1.29, 1.82) is 5.26 Å². The van der Waals surface area contributed by atoms with Crippen LogP contribution in [0.3, 0.4) is 0 Å². The summed E-state index contributed by atoms with van der Waals surface area (Å²) in [6, 6.07) is 10.3. The van der Waals surface area contributed by atoms with Gasteiger partial charge in [0.1, 0.15) is 0 Å². The zero-order chi connectivity index (χ0) is 13.5. The number of nitriles is 1. The van der Waals surface area contributed by atoms with E-state index in [4.69, 9.17) is 10.00 Å². The molecule has 1 saturated carbocycles. The third kappa shape index (κ3) is 3.94. The van der Waals surface area contributed by atoms with E-state index < -0.39 is 0 Å². The summed E-state index contributed by atoms with van der Waals surface area (Å²) in [5.74, 6) is 1.38. The van der Waals surface area contributed by atoms with E-state index in [-0.39, 0.29) is 0 Å². The number of allylic oxidation sites excluding steroid dienone is 1. The van der Waals surface area contributed by atoms with Crippen LogP contribution in [0.1, 0.15) is 42.7 Å². The predicted molar refractivity (Wildman–Crippen MR) is 76.9 cm³/mol. The lowest BCUT2D eigenvalue weighted by Crippen LogP contribution is -2.11. The number of hydrogen-bond donors (Lipinski definition) is 0. The van der Waals surface area contributed by atoms with Gasteiger partial charge in [0.15, 0.2) is 0 Å². The fraction of sp³-hybridized carbons (Fsp3) is 0.471. The highest BCUT2D eigenvalue weighted by Crippen LogP contribution is 2.36. The Balaban J connectivity index is 1.87. The molecule has 0 saturated heterocycles. The van der Waals surface area contributed by atoms with Crippen LogP contribution in [0.5, 0.6) is 0 Å². The molecule has 19 heavy (non-hydrogen) atoms. The smallest absolute Gasteiger partial charge is 0.0991 e. The highest BCUT2D eigenvalue weighted by molar-refractivity contribution is 5.33. The van der Waals surface area contributed by atoms with Crippen LogP contribution in [0, 0.1) is 17.2 Å². The molecule has 0 aromatic heterocycles. The van der Waals surface area contributed by atoms with Crippen molar-refractivity contribution in [2.45, 2.75) is 31.6 Å². The molecule has 1 fully saturated rings. The van der Waals surface area contributed by atoms with Gasteiger partial charge in [0.2, 0.25) is 0 Å². The molecule has 2 rings (SSSR count). The number of methoxy groups -OCH3 is 1. The van der Waals surface area contributed by atoms with Crippen molar-refractivity contribution in [3.8, 4) is 6.07 Å². The van der Waals surface area contributed by atoms with Gasteiger partial charge in [-0.15, -0.1) is 0 Å². The van der Waals surface area contributed by atoms with Crippen molar-refractivity contribution in [1.82, 2.24) is 0 Å². The number of nitrogens with zero attached hydrogens (tertiary/aromatic N) is 1. The molecule has 1 aromatic rings. The van der Waals surface area contributed by atoms with E-state index in [1.165, 1.54) is 31.2 Å². The van der Waals surface area contributed by atoms with Crippen LogP contribution < -0.4 is 0 Å². The summed E-state index contributed by atoms with van der Waals surface area (Å²) in [5.41, 5.74) is 2.14. The lowest BCUT2D eigenvalue weighted by atomic mass is 9.78. The Bertz CT molecular complexity index is 447. The maximum Gasteiger partial charge on any atom is 0.0991 e. The maximum absolute atomic E-state index is 8.81. The molecule has 1 aromatic carbocycles. The van der Waals surface area contributed by atoms with Gasteiger partial charge >= 0.3 is 0 Å². The van der Waals surface area contributed by atoms with Gasteiger partial charge in [-0.1, -0.05) is 24.3 Å². The Morgan fingerprint density at radius 3 is 2.47 bits per heavy atom. The number of benzene rings is 1. The Kier molecular flexibility index (Phi) is 5.18. The second-order valence-corrected chi connectivity index (χ2v) is 5.23. The van der Waals surface area contributed by atoms with E-state index in [0.29, 0.717) is 11.8 Å². The van der Waals surface area contributed by atoms with E-state index in [2.05, 4.69) is 30.4 Å². The SMILES string of the molecule is COCC=C[C@H]1CC[C@H](c2ccc(C#N)cc2)CC1. The van der Waals surface area contributed by atoms with Crippen LogP contribution >= 0.6 is 0 Å². The molecule has 0 unspecified atom stereocenters. The first-order valence-electron chi connectivity index (χ1n) is 6.99. The summed E-state index contributed by atoms with van der Waals surface area (Å²) in [4.78, 5) is 0. The van der Waals surface area contributed by atoms with Crippen molar-refractivity contribution in [2.75, 3.05) is 13.7 Å². The zero-order valence-electron chi connectivity index (χ0n) is 11.5. The van der Waals surface area contributed by atoms with Crippen LogP contribution in [0.2, 0.25) is 0 Å². The van der Waals surface area contributed by atoms with Crippen molar-refractivity contribution in [3.05, 3.63) is 47.5 Å². The van der Waals surface area contributed by atoms with Crippen LogP contribution in [0.4, 0.5) is 0 Å². The second kappa shape index (κ2) is 7.11. The van der Waals surface area contributed by atoms with Crippen LogP contribution in [-0.2, 0) is 4.74 Å². The maximum atomic E-state index is 8.81. The van der Waals surface area contributed by atoms with Gasteiger partial charge in [0.05, 0.1) is 18.2 Å². The first-order chi connectivity index (χ1) is 9.33. The van der Waals surface area contributed by atoms with Crippen LogP contribution in [-0.4, -0.2) is 13.7 Å². The fourth-order valence-electron chi connectivity index (χ4n) is 2.82. The first kappa shape index (κ1) is 13.8.